The smallest absolute Gasteiger partial charge is 0.337 e. The summed E-state index contributed by atoms with van der Waals surface area (Å²) in [7, 11) is 0. The fourth-order valence-electron chi connectivity index (χ4n) is 1.80. The van der Waals surface area contributed by atoms with Gasteiger partial charge in [-0.05, 0) is 6.08 Å². The summed E-state index contributed by atoms with van der Waals surface area (Å²) in [6, 6.07) is 0. The molecule has 1 aromatic rings. The number of allylic oxidation sites excluding steroid dienone is 1. The van der Waals surface area contributed by atoms with Crippen LogP contribution in [0.4, 0.5) is 4.39 Å². The van der Waals surface area contributed by atoms with Gasteiger partial charge in [0.2, 0.25) is 0 Å². The van der Waals surface area contributed by atoms with Crippen LogP contribution in [0, 0.1) is 0 Å². The first-order valence-corrected chi connectivity index (χ1v) is 4.40. The van der Waals surface area contributed by atoms with Crippen molar-refractivity contribution < 1.29 is 14.3 Å². The molecule has 0 spiro atoms. The van der Waals surface area contributed by atoms with E-state index in [1.54, 1.807) is 0 Å². The van der Waals surface area contributed by atoms with E-state index in [-0.39, 0.29) is 17.3 Å². The van der Waals surface area contributed by atoms with Crippen molar-refractivity contribution in [1.82, 2.24) is 4.98 Å². The topological polar surface area (TPSA) is 53.1 Å². The molecule has 0 amide bonds. The van der Waals surface area contributed by atoms with Crippen LogP contribution >= 0.6 is 0 Å². The van der Waals surface area contributed by atoms with Crippen LogP contribution in [0.1, 0.15) is 40.9 Å². The summed E-state index contributed by atoms with van der Waals surface area (Å²) in [5.41, 5.74) is 1.43. The number of carbonyl (C=O) groups is 1. The average molecular weight is 195 g/mol. The van der Waals surface area contributed by atoms with Crippen LogP contribution in [0.25, 0.3) is 6.08 Å². The lowest BCUT2D eigenvalue weighted by atomic mass is 9.92. The highest BCUT2D eigenvalue weighted by Crippen LogP contribution is 2.34. The van der Waals surface area contributed by atoms with Crippen LogP contribution in [0.3, 0.4) is 0 Å². The molecule has 1 aliphatic carbocycles. The van der Waals surface area contributed by atoms with Gasteiger partial charge in [0.25, 0.3) is 0 Å². The Balaban J connectivity index is 2.58. The maximum atomic E-state index is 13.1. The Hall–Kier alpha value is -1.58. The van der Waals surface area contributed by atoms with E-state index in [2.05, 4.69) is 4.98 Å². The van der Waals surface area contributed by atoms with E-state index in [0.29, 0.717) is 12.0 Å². The summed E-state index contributed by atoms with van der Waals surface area (Å²) in [4.78, 5) is 13.7. The molecular weight excluding hydrogens is 185 g/mol. The summed E-state index contributed by atoms with van der Waals surface area (Å²) in [6.07, 6.45) is 3.06. The van der Waals surface area contributed by atoms with Gasteiger partial charge in [-0.25, -0.2) is 9.18 Å². The van der Waals surface area contributed by atoms with Crippen LogP contribution < -0.4 is 0 Å². The van der Waals surface area contributed by atoms with Gasteiger partial charge < -0.3 is 10.1 Å². The molecule has 0 radical (unpaired) electrons. The monoisotopic (exact) mass is 195 g/mol. The normalized spacial score (nSPS) is 20.1. The van der Waals surface area contributed by atoms with Crippen molar-refractivity contribution >= 4 is 12.0 Å². The Labute approximate surface area is 80.3 Å². The van der Waals surface area contributed by atoms with E-state index in [4.69, 9.17) is 5.11 Å². The second-order valence-electron chi connectivity index (χ2n) is 3.53. The number of halogens is 1. The summed E-state index contributed by atoms with van der Waals surface area (Å²) >= 11 is 0. The SMILES string of the molecule is CC1CC(F)=Cc2c(C(=O)O)c[nH]c21. The molecule has 2 rings (SSSR count). The molecule has 1 unspecified atom stereocenters. The standard InChI is InChI=1S/C10H10FNO2/c1-5-2-6(11)3-7-8(10(13)14)4-12-9(5)7/h3-5,12H,2H2,1H3,(H,13,14). The lowest BCUT2D eigenvalue weighted by molar-refractivity contribution is 0.0697. The maximum absolute atomic E-state index is 13.1. The molecule has 1 heterocycles. The van der Waals surface area contributed by atoms with Gasteiger partial charge in [-0.15, -0.1) is 0 Å². The highest BCUT2D eigenvalue weighted by Gasteiger charge is 2.24. The maximum Gasteiger partial charge on any atom is 0.337 e. The molecule has 0 fully saturated rings. The van der Waals surface area contributed by atoms with Crippen LogP contribution in [0.5, 0.6) is 0 Å². The molecule has 2 N–H and O–H groups in total. The zero-order chi connectivity index (χ0) is 10.3. The minimum Gasteiger partial charge on any atom is -0.478 e. The summed E-state index contributed by atoms with van der Waals surface area (Å²) in [5.74, 6) is -1.27. The van der Waals surface area contributed by atoms with Crippen molar-refractivity contribution in [3.63, 3.8) is 0 Å². The Morgan fingerprint density at radius 2 is 2.43 bits per heavy atom. The lowest BCUT2D eigenvalue weighted by Gasteiger charge is -2.15. The van der Waals surface area contributed by atoms with Gasteiger partial charge in [0.05, 0.1) is 5.56 Å². The number of H-pyrrole nitrogens is 1. The van der Waals surface area contributed by atoms with Crippen LogP contribution in [-0.2, 0) is 0 Å². The molecule has 14 heavy (non-hydrogen) atoms. The zero-order valence-corrected chi connectivity index (χ0v) is 7.67. The van der Waals surface area contributed by atoms with Crippen LogP contribution in [0.2, 0.25) is 0 Å². The number of carboxylic acids is 1. The molecule has 0 saturated heterocycles. The van der Waals surface area contributed by atoms with Crippen molar-refractivity contribution in [1.29, 1.82) is 0 Å². The minimum absolute atomic E-state index is 0.0168. The molecule has 0 bridgehead atoms. The third-order valence-electron chi connectivity index (χ3n) is 2.48. The highest BCUT2D eigenvalue weighted by molar-refractivity contribution is 5.93. The van der Waals surface area contributed by atoms with Gasteiger partial charge in [0.1, 0.15) is 5.83 Å². The molecule has 3 nitrogen and oxygen atoms in total. The van der Waals surface area contributed by atoms with E-state index in [0.717, 1.165) is 5.69 Å². The predicted molar refractivity (Wildman–Crippen MR) is 49.9 cm³/mol. The van der Waals surface area contributed by atoms with E-state index in [1.807, 2.05) is 6.92 Å². The number of nitrogens with one attached hydrogen (secondary N) is 1. The number of aromatic carboxylic acids is 1. The van der Waals surface area contributed by atoms with E-state index < -0.39 is 5.97 Å². The average Bonchev–Trinajstić information content (AvgIpc) is 2.47. The number of carboxylic acid groups (broad SMARTS) is 1. The summed E-state index contributed by atoms with van der Waals surface area (Å²) in [5, 5.41) is 8.83. The second-order valence-corrected chi connectivity index (χ2v) is 3.53. The van der Waals surface area contributed by atoms with Crippen molar-refractivity contribution in [2.75, 3.05) is 0 Å². The van der Waals surface area contributed by atoms with Gasteiger partial charge in [-0.1, -0.05) is 6.92 Å². The van der Waals surface area contributed by atoms with E-state index >= 15 is 0 Å². The second kappa shape index (κ2) is 2.97. The zero-order valence-electron chi connectivity index (χ0n) is 7.67. The molecular formula is C10H10FNO2. The van der Waals surface area contributed by atoms with E-state index in [9.17, 15) is 9.18 Å². The molecule has 1 atom stereocenters. The Morgan fingerprint density at radius 3 is 3.07 bits per heavy atom. The van der Waals surface area contributed by atoms with Gasteiger partial charge in [-0.2, -0.15) is 0 Å². The lowest BCUT2D eigenvalue weighted by Crippen LogP contribution is -2.04. The summed E-state index contributed by atoms with van der Waals surface area (Å²) in [6.45, 7) is 1.87. The molecule has 0 saturated carbocycles. The first-order chi connectivity index (χ1) is 6.59. The molecule has 4 heteroatoms. The third kappa shape index (κ3) is 1.23. The van der Waals surface area contributed by atoms with Crippen molar-refractivity contribution in [2.24, 2.45) is 0 Å². The van der Waals surface area contributed by atoms with Crippen molar-refractivity contribution in [3.8, 4) is 0 Å². The molecule has 1 aromatic heterocycles. The number of rotatable bonds is 1. The Kier molecular flexibility index (Phi) is 1.91. The van der Waals surface area contributed by atoms with Crippen LogP contribution in [-0.4, -0.2) is 16.1 Å². The number of hydrogen-bond acceptors (Lipinski definition) is 1. The minimum atomic E-state index is -1.03. The van der Waals surface area contributed by atoms with Crippen molar-refractivity contribution in [2.45, 2.75) is 19.3 Å². The number of hydrogen-bond donors (Lipinski definition) is 2. The summed E-state index contributed by atoms with van der Waals surface area (Å²) < 4.78 is 13.1. The molecule has 0 aliphatic heterocycles. The number of aromatic amines is 1. The van der Waals surface area contributed by atoms with Gasteiger partial charge in [0.15, 0.2) is 0 Å². The Bertz CT molecular complexity index is 420. The van der Waals surface area contributed by atoms with Crippen LogP contribution in [0.15, 0.2) is 12.0 Å². The third-order valence-corrected chi connectivity index (χ3v) is 2.48. The number of fused-ring (bicyclic) bond motifs is 1. The molecule has 1 aliphatic rings. The molecule has 0 aromatic carbocycles. The fraction of sp³-hybridized carbons (Fsp3) is 0.300. The first-order valence-electron chi connectivity index (χ1n) is 4.40. The quantitative estimate of drug-likeness (QED) is 0.723. The largest absolute Gasteiger partial charge is 0.478 e. The van der Waals surface area contributed by atoms with Gasteiger partial charge >= 0.3 is 5.97 Å². The van der Waals surface area contributed by atoms with E-state index in [1.165, 1.54) is 12.3 Å². The van der Waals surface area contributed by atoms with Gasteiger partial charge in [0, 0.05) is 29.8 Å². The molecule has 74 valence electrons. The Morgan fingerprint density at radius 1 is 1.71 bits per heavy atom. The number of aromatic nitrogens is 1. The first kappa shape index (κ1) is 8.99. The highest BCUT2D eigenvalue weighted by atomic mass is 19.1. The van der Waals surface area contributed by atoms with Crippen molar-refractivity contribution in [3.05, 3.63) is 28.8 Å². The van der Waals surface area contributed by atoms with Gasteiger partial charge in [-0.3, -0.25) is 0 Å². The fourth-order valence-corrected chi connectivity index (χ4v) is 1.80. The predicted octanol–water partition coefficient (Wildman–Crippen LogP) is 2.53.